The smallest absolute Gasteiger partial charge is 0.146 e. The van der Waals surface area contributed by atoms with Gasteiger partial charge < -0.3 is 0 Å². The number of nitriles is 1. The van der Waals surface area contributed by atoms with Gasteiger partial charge in [-0.15, -0.1) is 12.4 Å². The molecule has 4 heteroatoms. The third-order valence-electron chi connectivity index (χ3n) is 0.880. The summed E-state index contributed by atoms with van der Waals surface area (Å²) in [6.07, 6.45) is 1.54. The molecule has 1 heterocycles. The maximum absolute atomic E-state index is 8.34. The van der Waals surface area contributed by atoms with E-state index < -0.39 is 0 Å². The molecule has 0 bridgehead atoms. The van der Waals surface area contributed by atoms with Crippen molar-refractivity contribution in [2.75, 3.05) is 0 Å². The Bertz CT molecular complexity index is 254. The van der Waals surface area contributed by atoms with Gasteiger partial charge in [0, 0.05) is 6.20 Å². The first-order valence-corrected chi connectivity index (χ1v) is 2.73. The van der Waals surface area contributed by atoms with Crippen LogP contribution in [0.3, 0.4) is 0 Å². The Morgan fingerprint density at radius 3 is 2.70 bits per heavy atom. The maximum atomic E-state index is 8.34. The Balaban J connectivity index is 0.000000810. The van der Waals surface area contributed by atoms with Crippen LogP contribution in [-0.2, 0) is 0 Å². The fraction of sp³-hybridized carbons (Fsp3) is 0. The molecule has 0 N–H and O–H groups in total. The van der Waals surface area contributed by atoms with Gasteiger partial charge in [-0.3, -0.25) is 0 Å². The third kappa shape index (κ3) is 1.87. The van der Waals surface area contributed by atoms with Crippen LogP contribution in [0.2, 0.25) is 5.15 Å². The van der Waals surface area contributed by atoms with E-state index in [1.54, 1.807) is 18.3 Å². The molecular weight excluding hydrogens is 171 g/mol. The first-order chi connectivity index (χ1) is 4.34. The van der Waals surface area contributed by atoms with Gasteiger partial charge in [0.15, 0.2) is 0 Å². The summed E-state index contributed by atoms with van der Waals surface area (Å²) >= 11 is 5.49. The van der Waals surface area contributed by atoms with Crippen molar-refractivity contribution in [3.63, 3.8) is 0 Å². The standard InChI is InChI=1S/C6H3ClN2.ClH/c7-6-5(4-8)2-1-3-9-6;/h1-3H;1H. The molecule has 0 amide bonds. The number of nitrogens with zero attached hydrogens (tertiary/aromatic N) is 2. The van der Waals surface area contributed by atoms with E-state index in [2.05, 4.69) is 4.98 Å². The summed E-state index contributed by atoms with van der Waals surface area (Å²) in [6, 6.07) is 5.19. The largest absolute Gasteiger partial charge is 0.243 e. The van der Waals surface area contributed by atoms with Crippen LogP contribution in [-0.4, -0.2) is 4.98 Å². The summed E-state index contributed by atoms with van der Waals surface area (Å²) in [7, 11) is 0. The molecule has 0 fully saturated rings. The SMILES string of the molecule is Cl.N#Cc1cccnc1Cl. The minimum Gasteiger partial charge on any atom is -0.243 e. The van der Waals surface area contributed by atoms with Gasteiger partial charge in [-0.25, -0.2) is 4.98 Å². The minimum absolute atomic E-state index is 0. The molecule has 10 heavy (non-hydrogen) atoms. The van der Waals surface area contributed by atoms with Gasteiger partial charge in [-0.05, 0) is 12.1 Å². The van der Waals surface area contributed by atoms with Crippen LogP contribution in [0.25, 0.3) is 0 Å². The summed E-state index contributed by atoms with van der Waals surface area (Å²) in [5.74, 6) is 0. The van der Waals surface area contributed by atoms with Gasteiger partial charge >= 0.3 is 0 Å². The molecule has 2 nitrogen and oxygen atoms in total. The monoisotopic (exact) mass is 174 g/mol. The summed E-state index contributed by atoms with van der Waals surface area (Å²) in [5.41, 5.74) is 0.416. The zero-order valence-corrected chi connectivity index (χ0v) is 6.49. The Morgan fingerprint density at radius 1 is 1.60 bits per heavy atom. The highest BCUT2D eigenvalue weighted by molar-refractivity contribution is 6.30. The van der Waals surface area contributed by atoms with E-state index in [0.717, 1.165) is 0 Å². The van der Waals surface area contributed by atoms with Crippen molar-refractivity contribution >= 4 is 24.0 Å². The Kier molecular flexibility index (Phi) is 3.78. The fourth-order valence-corrected chi connectivity index (χ4v) is 0.631. The normalized spacial score (nSPS) is 7.60. The number of pyridine rings is 1. The molecule has 0 spiro atoms. The van der Waals surface area contributed by atoms with Crippen LogP contribution < -0.4 is 0 Å². The molecule has 1 rings (SSSR count). The van der Waals surface area contributed by atoms with Crippen LogP contribution in [0.4, 0.5) is 0 Å². The third-order valence-corrected chi connectivity index (χ3v) is 1.18. The zero-order chi connectivity index (χ0) is 6.69. The molecule has 0 unspecified atom stereocenters. The molecule has 0 atom stereocenters. The molecule has 1 aromatic rings. The average molecular weight is 175 g/mol. The lowest BCUT2D eigenvalue weighted by Gasteiger charge is -1.87. The van der Waals surface area contributed by atoms with Crippen LogP contribution in [0, 0.1) is 11.3 Å². The highest BCUT2D eigenvalue weighted by atomic mass is 35.5. The topological polar surface area (TPSA) is 36.7 Å². The molecule has 0 aliphatic rings. The van der Waals surface area contributed by atoms with E-state index in [-0.39, 0.29) is 17.6 Å². The summed E-state index contributed by atoms with van der Waals surface area (Å²) < 4.78 is 0. The molecular formula is C6H4Cl2N2. The first kappa shape index (κ1) is 9.22. The van der Waals surface area contributed by atoms with Gasteiger partial charge in [0.25, 0.3) is 0 Å². The lowest BCUT2D eigenvalue weighted by molar-refractivity contribution is 1.30. The van der Waals surface area contributed by atoms with E-state index in [1.807, 2.05) is 6.07 Å². The summed E-state index contributed by atoms with van der Waals surface area (Å²) in [5, 5.41) is 8.61. The molecule has 0 saturated carbocycles. The Morgan fingerprint density at radius 2 is 2.30 bits per heavy atom. The number of hydrogen-bond donors (Lipinski definition) is 0. The van der Waals surface area contributed by atoms with Crippen molar-refractivity contribution in [1.29, 1.82) is 5.26 Å². The van der Waals surface area contributed by atoms with Crippen LogP contribution >= 0.6 is 24.0 Å². The lowest BCUT2D eigenvalue weighted by atomic mass is 10.3. The fourth-order valence-electron chi connectivity index (χ4n) is 0.469. The van der Waals surface area contributed by atoms with Crippen molar-refractivity contribution in [3.05, 3.63) is 29.0 Å². The molecule has 1 aromatic heterocycles. The molecule has 0 saturated heterocycles. The second-order valence-corrected chi connectivity index (χ2v) is 1.81. The molecule has 0 aromatic carbocycles. The lowest BCUT2D eigenvalue weighted by Crippen LogP contribution is -1.77. The second-order valence-electron chi connectivity index (χ2n) is 1.45. The highest BCUT2D eigenvalue weighted by Crippen LogP contribution is 2.08. The van der Waals surface area contributed by atoms with Crippen molar-refractivity contribution in [3.8, 4) is 6.07 Å². The van der Waals surface area contributed by atoms with Gasteiger partial charge in [-0.1, -0.05) is 11.6 Å². The number of aromatic nitrogens is 1. The van der Waals surface area contributed by atoms with E-state index in [1.165, 1.54) is 0 Å². The van der Waals surface area contributed by atoms with Crippen LogP contribution in [0.15, 0.2) is 18.3 Å². The molecule has 0 radical (unpaired) electrons. The minimum atomic E-state index is 0. The van der Waals surface area contributed by atoms with E-state index in [0.29, 0.717) is 5.56 Å². The Labute approximate surface area is 69.9 Å². The average Bonchev–Trinajstić information content (AvgIpc) is 1.89. The predicted molar refractivity (Wildman–Crippen MR) is 41.2 cm³/mol. The Hall–Kier alpha value is -0.780. The van der Waals surface area contributed by atoms with Crippen molar-refractivity contribution in [2.45, 2.75) is 0 Å². The molecule has 0 aliphatic carbocycles. The summed E-state index contributed by atoms with van der Waals surface area (Å²) in [4.78, 5) is 3.69. The van der Waals surface area contributed by atoms with Crippen LogP contribution in [0.1, 0.15) is 5.56 Å². The van der Waals surface area contributed by atoms with Crippen molar-refractivity contribution in [1.82, 2.24) is 4.98 Å². The van der Waals surface area contributed by atoms with Crippen LogP contribution in [0.5, 0.6) is 0 Å². The van der Waals surface area contributed by atoms with Crippen molar-refractivity contribution in [2.24, 2.45) is 0 Å². The number of hydrogen-bond acceptors (Lipinski definition) is 2. The first-order valence-electron chi connectivity index (χ1n) is 2.35. The quantitative estimate of drug-likeness (QED) is 0.565. The zero-order valence-electron chi connectivity index (χ0n) is 4.91. The summed E-state index contributed by atoms with van der Waals surface area (Å²) in [6.45, 7) is 0. The predicted octanol–water partition coefficient (Wildman–Crippen LogP) is 2.03. The number of rotatable bonds is 0. The second kappa shape index (κ2) is 4.10. The van der Waals surface area contributed by atoms with E-state index >= 15 is 0 Å². The number of halogens is 2. The van der Waals surface area contributed by atoms with E-state index in [4.69, 9.17) is 16.9 Å². The van der Waals surface area contributed by atoms with Gasteiger partial charge in [0.1, 0.15) is 11.2 Å². The van der Waals surface area contributed by atoms with Gasteiger partial charge in [0.2, 0.25) is 0 Å². The highest BCUT2D eigenvalue weighted by Gasteiger charge is 1.94. The maximum Gasteiger partial charge on any atom is 0.146 e. The molecule has 0 aliphatic heterocycles. The van der Waals surface area contributed by atoms with E-state index in [9.17, 15) is 0 Å². The van der Waals surface area contributed by atoms with Gasteiger partial charge in [0.05, 0.1) is 5.56 Å². The van der Waals surface area contributed by atoms with Crippen molar-refractivity contribution < 1.29 is 0 Å². The molecule has 52 valence electrons. The van der Waals surface area contributed by atoms with Gasteiger partial charge in [-0.2, -0.15) is 5.26 Å².